The predicted octanol–water partition coefficient (Wildman–Crippen LogP) is 32.3. The van der Waals surface area contributed by atoms with Crippen LogP contribution in [-0.2, 0) is 5.41 Å². The maximum absolute atomic E-state index is 5.45. The fourth-order valence-electron chi connectivity index (χ4n) is 19.9. The van der Waals surface area contributed by atoms with Gasteiger partial charge in [0, 0.05) is 118 Å². The Kier molecular flexibility index (Phi) is 18.9. The van der Waals surface area contributed by atoms with E-state index in [1.54, 1.807) is 0 Å². The molecule has 0 saturated heterocycles. The summed E-state index contributed by atoms with van der Waals surface area (Å²) in [6.45, 7) is 4.71. The second-order valence-electron chi connectivity index (χ2n) is 33.8. The Balaban J connectivity index is 0.000000109. The molecule has 22 aromatic rings. The summed E-state index contributed by atoms with van der Waals surface area (Å²) < 4.78 is 5.05. The van der Waals surface area contributed by atoms with Crippen LogP contribution in [0.15, 0.2) is 419 Å². The summed E-state index contributed by atoms with van der Waals surface area (Å²) >= 11 is 1.88. The summed E-state index contributed by atoms with van der Waals surface area (Å²) in [7, 11) is 0. The number of fused-ring (bicyclic) bond motifs is 20. The molecule has 0 atom stereocenters. The summed E-state index contributed by atoms with van der Waals surface area (Å²) in [5.74, 6) is 1.55. The third-order valence-corrected chi connectivity index (χ3v) is 27.1. The van der Waals surface area contributed by atoms with Gasteiger partial charge in [-0.1, -0.05) is 348 Å². The van der Waals surface area contributed by atoms with Gasteiger partial charge in [-0.25, -0.2) is 9.97 Å². The lowest BCUT2D eigenvalue weighted by atomic mass is 9.80. The molecule has 0 N–H and O–H groups in total. The van der Waals surface area contributed by atoms with Gasteiger partial charge in [0.15, 0.2) is 5.82 Å². The largest absolute Gasteiger partial charge is 0.308 e. The lowest BCUT2D eigenvalue weighted by Crippen LogP contribution is -2.22. The Morgan fingerprint density at radius 2 is 0.777 bits per heavy atom. The Labute approximate surface area is 757 Å². The average Bonchev–Trinajstić information content (AvgIpc) is 1.55. The van der Waals surface area contributed by atoms with Gasteiger partial charge < -0.3 is 14.4 Å². The van der Waals surface area contributed by atoms with E-state index in [0.717, 1.165) is 112 Å². The molecule has 26 rings (SSSR count). The second kappa shape index (κ2) is 32.0. The van der Waals surface area contributed by atoms with Crippen molar-refractivity contribution >= 4 is 163 Å². The van der Waals surface area contributed by atoms with Gasteiger partial charge in [0.2, 0.25) is 0 Å². The van der Waals surface area contributed by atoms with Gasteiger partial charge in [-0.3, -0.25) is 19.9 Å². The van der Waals surface area contributed by atoms with Crippen molar-refractivity contribution in [2.45, 2.75) is 19.3 Å². The quantitative estimate of drug-likeness (QED) is 0.141. The number of pyridine rings is 3. The zero-order chi connectivity index (χ0) is 86.3. The Morgan fingerprint density at radius 3 is 1.46 bits per heavy atom. The lowest BCUT2D eigenvalue weighted by molar-refractivity contribution is 0.660. The summed E-state index contributed by atoms with van der Waals surface area (Å²) in [6, 6.07) is 142. The molecule has 0 saturated carbocycles. The minimum Gasteiger partial charge on any atom is -0.308 e. The number of hydrogen-bond donors (Lipinski definition) is 0. The number of benzene rings is 16. The minimum atomic E-state index is -0.212. The fraction of sp³-hybridized carbons (Fsp3) is 0.0250. The van der Waals surface area contributed by atoms with E-state index in [9.17, 15) is 0 Å². The third kappa shape index (κ3) is 13.3. The second-order valence-corrected chi connectivity index (χ2v) is 34.8. The molecule has 0 radical (unpaired) electrons. The molecule has 4 aliphatic rings. The van der Waals surface area contributed by atoms with Gasteiger partial charge in [-0.15, -0.1) is 11.3 Å². The van der Waals surface area contributed by atoms with Gasteiger partial charge in [-0.05, 0) is 158 Å². The number of nitrogens with zero attached hydrogens (tertiary/aromatic N) is 9. The number of aromatic nitrogens is 6. The smallest absolute Gasteiger partial charge is 0.162 e. The number of rotatable bonds is 9. The van der Waals surface area contributed by atoms with Gasteiger partial charge in [0.05, 0.1) is 72.5 Å². The Bertz CT molecular complexity index is 8310. The van der Waals surface area contributed by atoms with Gasteiger partial charge in [0.1, 0.15) is 5.82 Å². The number of anilines is 9. The molecule has 0 spiro atoms. The molecule has 3 aliphatic heterocycles. The highest BCUT2D eigenvalue weighted by molar-refractivity contribution is 7.26. The van der Waals surface area contributed by atoms with Gasteiger partial charge >= 0.3 is 0 Å². The van der Waals surface area contributed by atoms with Crippen molar-refractivity contribution < 1.29 is 0 Å². The number of hydrogen-bond acceptors (Lipinski definition) is 9. The van der Waals surface area contributed by atoms with Crippen molar-refractivity contribution in [2.75, 3.05) is 14.7 Å². The molecule has 612 valence electrons. The monoisotopic (exact) mass is 1680 g/mol. The van der Waals surface area contributed by atoms with Crippen LogP contribution in [-0.4, -0.2) is 29.5 Å². The first kappa shape index (κ1) is 76.8. The van der Waals surface area contributed by atoms with Crippen molar-refractivity contribution in [3.8, 4) is 73.1 Å². The lowest BCUT2D eigenvalue weighted by Gasteiger charge is -2.33. The van der Waals surface area contributed by atoms with Crippen LogP contribution in [0.5, 0.6) is 0 Å². The van der Waals surface area contributed by atoms with Crippen LogP contribution in [0.1, 0.15) is 58.4 Å². The van der Waals surface area contributed by atoms with E-state index >= 15 is 0 Å². The molecule has 0 fully saturated rings. The third-order valence-electron chi connectivity index (χ3n) is 25.9. The summed E-state index contributed by atoms with van der Waals surface area (Å²) in [5.41, 5.74) is 35.2. The number of para-hydroxylation sites is 5. The topological polar surface area (TPSA) is 79.1 Å². The normalized spacial score (nSPS) is 12.9. The van der Waals surface area contributed by atoms with E-state index in [4.69, 9.17) is 9.97 Å². The summed E-state index contributed by atoms with van der Waals surface area (Å²) in [4.78, 5) is 31.8. The average molecular weight is 1680 g/mol. The van der Waals surface area contributed by atoms with Gasteiger partial charge in [0.25, 0.3) is 0 Å². The van der Waals surface area contributed by atoms with Crippen molar-refractivity contribution in [1.82, 2.24) is 29.5 Å². The molecule has 0 bridgehead atoms. The molecule has 1 aliphatic carbocycles. The molecule has 0 unspecified atom stereocenters. The fourth-order valence-corrected chi connectivity index (χ4v) is 21.1. The molecule has 130 heavy (non-hydrogen) atoms. The predicted molar refractivity (Wildman–Crippen MR) is 546 cm³/mol. The maximum atomic E-state index is 5.45. The first-order valence-electron chi connectivity index (χ1n) is 44.2. The van der Waals surface area contributed by atoms with Crippen molar-refractivity contribution in [3.05, 3.63) is 463 Å². The van der Waals surface area contributed by atoms with Crippen molar-refractivity contribution in [2.24, 2.45) is 0 Å². The molecule has 9 nitrogen and oxygen atoms in total. The van der Waals surface area contributed by atoms with Crippen LogP contribution >= 0.6 is 11.3 Å². The van der Waals surface area contributed by atoms with E-state index in [0.29, 0.717) is 5.82 Å². The van der Waals surface area contributed by atoms with Crippen LogP contribution in [0, 0.1) is 0 Å². The van der Waals surface area contributed by atoms with E-state index in [2.05, 4.69) is 449 Å². The summed E-state index contributed by atoms with van der Waals surface area (Å²) in [5, 5.41) is 8.52. The SMILES string of the molecule is C1=Cc2ccc3c(sc4ccccc43)c2N(c2ccc(-c3cccc4cccnc34)cc2)c2ccccc21.C1=Cc2ccc3c4ccccc4n(-c4ccc(-c5ccccn5)cc4)c3c2N(c2ccc(-c3ccccn3)cc2)c2ccccc21.CC1(C)c2ccccc2-c2ccc3c(c21)N(c1cc(-c2ccccc2)nc(-c2cccc4ccccc24)n1)c1ccccc1C=C3. The van der Waals surface area contributed by atoms with Crippen LogP contribution in [0.25, 0.3) is 173 Å². The van der Waals surface area contributed by atoms with Crippen LogP contribution in [0.2, 0.25) is 0 Å². The van der Waals surface area contributed by atoms with Crippen LogP contribution < -0.4 is 14.7 Å². The zero-order valence-electron chi connectivity index (χ0n) is 71.2. The molecule has 10 heteroatoms. The van der Waals surface area contributed by atoms with Gasteiger partial charge in [-0.2, -0.15) is 0 Å². The van der Waals surface area contributed by atoms with E-state index in [-0.39, 0.29) is 5.41 Å². The van der Waals surface area contributed by atoms with Crippen LogP contribution in [0.3, 0.4) is 0 Å². The molecule has 16 aromatic carbocycles. The highest BCUT2D eigenvalue weighted by Crippen LogP contribution is 2.58. The van der Waals surface area contributed by atoms with E-state index in [1.807, 2.05) is 66.3 Å². The van der Waals surface area contributed by atoms with E-state index < -0.39 is 0 Å². The summed E-state index contributed by atoms with van der Waals surface area (Å²) in [6.07, 6.45) is 19.0. The zero-order valence-corrected chi connectivity index (χ0v) is 72.1. The first-order chi connectivity index (χ1) is 64.3. The minimum absolute atomic E-state index is 0.212. The number of thiophene rings is 1. The highest BCUT2D eigenvalue weighted by Gasteiger charge is 2.41. The highest BCUT2D eigenvalue weighted by atomic mass is 32.1. The van der Waals surface area contributed by atoms with Crippen LogP contribution in [0.4, 0.5) is 51.3 Å². The molecular weight excluding hydrogens is 1600 g/mol. The van der Waals surface area contributed by atoms with Crippen molar-refractivity contribution in [3.63, 3.8) is 0 Å². The molecule has 0 amide bonds. The maximum Gasteiger partial charge on any atom is 0.162 e. The van der Waals surface area contributed by atoms with Crippen molar-refractivity contribution in [1.29, 1.82) is 0 Å². The Hall–Kier alpha value is -16.8. The van der Waals surface area contributed by atoms with E-state index in [1.165, 1.54) is 114 Å². The standard InChI is InChI=1S/C43H31N3.C42H28N4.C35H22N2S/c1-43(2)36-21-10-9-19-33(36)34-26-25-31-24-23-30-16-7-11-22-38(30)46(41(31)40(34)43)39-27-37(29-14-4-3-5-15-29)44-42(45-39)35-20-12-17-28-13-6-8-18-32(28)35;1-3-13-39-31(9-1)15-16-32-21-26-36-35-10-2-4-14-40(35)46(34-24-19-30(20-25-34)38-12-6-8-28-44-38)42(36)41(32)45(39)33-22-17-29(18-23-33)37-11-5-7-27-43-37;1-3-12-31-24(7-1)14-15-26-18-21-30-29-10-2-4-13-32(29)38-35(30)34(26)37(31)27-19-16-23(17-20-27)28-11-5-8-25-9-6-22-36-33(25)28/h3-27H,1-2H3;1-28H;1-22H. The molecule has 6 aromatic heterocycles. The Morgan fingerprint density at radius 1 is 0.285 bits per heavy atom. The molecular formula is C120H81N9S. The first-order valence-corrected chi connectivity index (χ1v) is 45.0. The molecule has 9 heterocycles.